The largest absolute Gasteiger partial charge is 0.321 e. The maximum atomic E-state index is 12.6. The van der Waals surface area contributed by atoms with E-state index in [0.717, 1.165) is 15.6 Å². The second kappa shape index (κ2) is 9.76. The molecule has 0 unspecified atom stereocenters. The first kappa shape index (κ1) is 21.1. The number of nitrogens with zero attached hydrogens (tertiary/aromatic N) is 1. The van der Waals surface area contributed by atoms with Gasteiger partial charge in [-0.25, -0.2) is 0 Å². The molecular weight excluding hydrogens is 471 g/mol. The molecule has 0 fully saturated rings. The Bertz CT molecular complexity index is 1120. The van der Waals surface area contributed by atoms with Crippen LogP contribution < -0.4 is 5.32 Å². The number of hydrogen-bond donors (Lipinski definition) is 1. The summed E-state index contributed by atoms with van der Waals surface area (Å²) >= 11 is 15.8. The molecule has 0 aromatic heterocycles. The number of carbonyl (C=O) groups excluding carboxylic acids is 1. The summed E-state index contributed by atoms with van der Waals surface area (Å²) in [6, 6.07) is 22.0. The highest BCUT2D eigenvalue weighted by Crippen LogP contribution is 2.25. The Morgan fingerprint density at radius 3 is 2.45 bits per heavy atom. The number of nitriles is 1. The second-order valence-electron chi connectivity index (χ2n) is 6.24. The zero-order valence-corrected chi connectivity index (χ0v) is 18.2. The SMILES string of the molecule is N#C/C(=C\c1cc(Cl)ccc1Cc1ccccc1Cl)C(=O)Nc1ccc(Br)cc1. The fourth-order valence-electron chi connectivity index (χ4n) is 2.74. The summed E-state index contributed by atoms with van der Waals surface area (Å²) < 4.78 is 0.898. The van der Waals surface area contributed by atoms with Gasteiger partial charge < -0.3 is 5.32 Å². The van der Waals surface area contributed by atoms with Crippen LogP contribution in [0.3, 0.4) is 0 Å². The lowest BCUT2D eigenvalue weighted by Crippen LogP contribution is -2.13. The normalized spacial score (nSPS) is 11.0. The summed E-state index contributed by atoms with van der Waals surface area (Å²) in [5, 5.41) is 13.4. The minimum atomic E-state index is -0.488. The number of halogens is 3. The Morgan fingerprint density at radius 1 is 1.03 bits per heavy atom. The highest BCUT2D eigenvalue weighted by molar-refractivity contribution is 9.10. The van der Waals surface area contributed by atoms with Crippen molar-refractivity contribution in [1.29, 1.82) is 5.26 Å². The summed E-state index contributed by atoms with van der Waals surface area (Å²) in [5.41, 5.74) is 3.13. The first-order valence-electron chi connectivity index (χ1n) is 8.67. The van der Waals surface area contributed by atoms with Crippen LogP contribution in [0.5, 0.6) is 0 Å². The first-order valence-corrected chi connectivity index (χ1v) is 10.2. The molecule has 0 heterocycles. The van der Waals surface area contributed by atoms with E-state index in [-0.39, 0.29) is 5.57 Å². The zero-order chi connectivity index (χ0) is 20.8. The summed E-state index contributed by atoms with van der Waals surface area (Å²) in [6.07, 6.45) is 2.10. The quantitative estimate of drug-likeness (QED) is 0.316. The minimum Gasteiger partial charge on any atom is -0.321 e. The van der Waals surface area contributed by atoms with E-state index in [4.69, 9.17) is 23.2 Å². The number of hydrogen-bond acceptors (Lipinski definition) is 2. The van der Waals surface area contributed by atoms with Crippen LogP contribution >= 0.6 is 39.1 Å². The third kappa shape index (κ3) is 5.71. The molecule has 3 aromatic rings. The molecule has 144 valence electrons. The average Bonchev–Trinajstić information content (AvgIpc) is 2.71. The van der Waals surface area contributed by atoms with E-state index >= 15 is 0 Å². The van der Waals surface area contributed by atoms with Crippen molar-refractivity contribution in [3.63, 3.8) is 0 Å². The predicted octanol–water partition coefficient (Wildman–Crippen LogP) is 6.89. The second-order valence-corrected chi connectivity index (χ2v) is 8.00. The van der Waals surface area contributed by atoms with E-state index < -0.39 is 5.91 Å². The fraction of sp³-hybridized carbons (Fsp3) is 0.0435. The van der Waals surface area contributed by atoms with Crippen LogP contribution in [0.4, 0.5) is 5.69 Å². The van der Waals surface area contributed by atoms with Crippen LogP contribution in [0, 0.1) is 11.3 Å². The number of carbonyl (C=O) groups is 1. The van der Waals surface area contributed by atoms with Crippen molar-refractivity contribution < 1.29 is 4.79 Å². The summed E-state index contributed by atoms with van der Waals surface area (Å²) in [4.78, 5) is 12.6. The van der Waals surface area contributed by atoms with Gasteiger partial charge in [0.2, 0.25) is 0 Å². The van der Waals surface area contributed by atoms with Crippen LogP contribution in [0.1, 0.15) is 16.7 Å². The number of rotatable bonds is 5. The molecule has 0 aliphatic heterocycles. The molecule has 1 N–H and O–H groups in total. The van der Waals surface area contributed by atoms with Crippen LogP contribution in [0.2, 0.25) is 10.0 Å². The topological polar surface area (TPSA) is 52.9 Å². The molecule has 0 atom stereocenters. The summed E-state index contributed by atoms with van der Waals surface area (Å²) in [6.45, 7) is 0. The standard InChI is InChI=1S/C23H15BrCl2N2O/c24-19-6-9-21(10-7-19)28-23(29)18(14-27)12-17-13-20(25)8-5-15(17)11-16-3-1-2-4-22(16)26/h1-10,12-13H,11H2,(H,28,29)/b18-12+. The molecule has 0 radical (unpaired) electrons. The smallest absolute Gasteiger partial charge is 0.266 e. The third-order valence-corrected chi connectivity index (χ3v) is 5.35. The Morgan fingerprint density at radius 2 is 1.76 bits per heavy atom. The highest BCUT2D eigenvalue weighted by atomic mass is 79.9. The van der Waals surface area contributed by atoms with Gasteiger partial charge in [0, 0.05) is 20.2 Å². The molecule has 0 saturated heterocycles. The van der Waals surface area contributed by atoms with Crippen LogP contribution in [0.25, 0.3) is 6.08 Å². The van der Waals surface area contributed by atoms with Gasteiger partial charge in [0.25, 0.3) is 5.91 Å². The van der Waals surface area contributed by atoms with E-state index in [1.54, 1.807) is 30.3 Å². The van der Waals surface area contributed by atoms with Crippen LogP contribution in [-0.4, -0.2) is 5.91 Å². The first-order chi connectivity index (χ1) is 14.0. The Hall–Kier alpha value is -2.58. The molecule has 0 aliphatic rings. The molecule has 0 spiro atoms. The van der Waals surface area contributed by atoms with Gasteiger partial charge in [-0.2, -0.15) is 5.26 Å². The molecule has 3 rings (SSSR count). The third-order valence-electron chi connectivity index (χ3n) is 4.21. The lowest BCUT2D eigenvalue weighted by molar-refractivity contribution is -0.112. The maximum absolute atomic E-state index is 12.6. The number of anilines is 1. The van der Waals surface area contributed by atoms with Gasteiger partial charge in [-0.3, -0.25) is 4.79 Å². The van der Waals surface area contributed by atoms with E-state index in [0.29, 0.717) is 27.7 Å². The van der Waals surface area contributed by atoms with E-state index in [1.807, 2.05) is 48.5 Å². The average molecular weight is 486 g/mol. The molecule has 1 amide bonds. The molecule has 0 bridgehead atoms. The van der Waals surface area contributed by atoms with Crippen molar-refractivity contribution in [3.05, 3.63) is 104 Å². The molecule has 0 saturated carbocycles. The lowest BCUT2D eigenvalue weighted by Gasteiger charge is -2.10. The zero-order valence-electron chi connectivity index (χ0n) is 15.1. The van der Waals surface area contributed by atoms with Gasteiger partial charge in [0.15, 0.2) is 0 Å². The van der Waals surface area contributed by atoms with Crippen molar-refractivity contribution in [2.24, 2.45) is 0 Å². The Kier molecular flexibility index (Phi) is 7.11. The van der Waals surface area contributed by atoms with Crippen molar-refractivity contribution in [2.75, 3.05) is 5.32 Å². The Labute approximate surface area is 187 Å². The number of nitrogens with one attached hydrogen (secondary N) is 1. The molecular formula is C23H15BrCl2N2O. The van der Waals surface area contributed by atoms with Gasteiger partial charge >= 0.3 is 0 Å². The molecule has 0 aliphatic carbocycles. The minimum absolute atomic E-state index is 0.0180. The molecule has 3 aromatic carbocycles. The van der Waals surface area contributed by atoms with Crippen molar-refractivity contribution in [2.45, 2.75) is 6.42 Å². The van der Waals surface area contributed by atoms with Crippen molar-refractivity contribution >= 4 is 56.8 Å². The van der Waals surface area contributed by atoms with E-state index in [2.05, 4.69) is 21.2 Å². The fourth-order valence-corrected chi connectivity index (χ4v) is 3.39. The summed E-state index contributed by atoms with van der Waals surface area (Å²) in [5.74, 6) is -0.488. The lowest BCUT2D eigenvalue weighted by atomic mass is 9.98. The van der Waals surface area contributed by atoms with E-state index in [1.165, 1.54) is 0 Å². The van der Waals surface area contributed by atoms with Gasteiger partial charge in [0.05, 0.1) is 0 Å². The maximum Gasteiger partial charge on any atom is 0.266 e. The van der Waals surface area contributed by atoms with Gasteiger partial charge in [-0.1, -0.05) is 63.4 Å². The summed E-state index contributed by atoms with van der Waals surface area (Å²) in [7, 11) is 0. The highest BCUT2D eigenvalue weighted by Gasteiger charge is 2.12. The Balaban J connectivity index is 1.91. The van der Waals surface area contributed by atoms with Crippen LogP contribution in [0.15, 0.2) is 76.8 Å². The van der Waals surface area contributed by atoms with Gasteiger partial charge in [0.1, 0.15) is 11.6 Å². The number of amides is 1. The van der Waals surface area contributed by atoms with E-state index in [9.17, 15) is 10.1 Å². The molecule has 29 heavy (non-hydrogen) atoms. The predicted molar refractivity (Wildman–Crippen MR) is 122 cm³/mol. The number of benzene rings is 3. The molecule has 6 heteroatoms. The van der Waals surface area contributed by atoms with Crippen molar-refractivity contribution in [1.82, 2.24) is 0 Å². The van der Waals surface area contributed by atoms with Crippen molar-refractivity contribution in [3.8, 4) is 6.07 Å². The van der Waals surface area contributed by atoms with Crippen LogP contribution in [-0.2, 0) is 11.2 Å². The van der Waals surface area contributed by atoms with Gasteiger partial charge in [-0.05, 0) is 71.7 Å². The molecule has 3 nitrogen and oxygen atoms in total. The monoisotopic (exact) mass is 484 g/mol. The van der Waals surface area contributed by atoms with Gasteiger partial charge in [-0.15, -0.1) is 0 Å².